The summed E-state index contributed by atoms with van der Waals surface area (Å²) in [5.41, 5.74) is 0.729. The highest BCUT2D eigenvalue weighted by atomic mass is 35.5. The van der Waals surface area contributed by atoms with Crippen LogP contribution in [0.1, 0.15) is 11.4 Å². The molecule has 0 aliphatic heterocycles. The molecule has 7 nitrogen and oxygen atoms in total. The summed E-state index contributed by atoms with van der Waals surface area (Å²) in [4.78, 5) is 0. The van der Waals surface area contributed by atoms with Crippen molar-refractivity contribution in [2.75, 3.05) is 5.32 Å². The first-order chi connectivity index (χ1) is 9.65. The lowest BCUT2D eigenvalue weighted by Crippen LogP contribution is -1.96. The number of halogens is 2. The molecular weight excluding hydrogens is 301 g/mol. The molecule has 98 valence electrons. The minimum atomic E-state index is 0.128. The molecule has 9 heteroatoms. The van der Waals surface area contributed by atoms with Crippen LogP contribution in [0.3, 0.4) is 0 Å². The molecule has 0 aliphatic carbocycles. The van der Waals surface area contributed by atoms with Gasteiger partial charge in [-0.15, -0.1) is 10.2 Å². The zero-order valence-electron chi connectivity index (χ0n) is 9.72. The Balaban J connectivity index is 2.36. The molecule has 0 radical (unpaired) electrons. The quantitative estimate of drug-likeness (QED) is 0.841. The number of aromatic nitrogens is 4. The number of H-pyrrole nitrogens is 1. The maximum absolute atomic E-state index is 9.04. The molecule has 2 rings (SSSR count). The van der Waals surface area contributed by atoms with E-state index in [-0.39, 0.29) is 22.0 Å². The van der Waals surface area contributed by atoms with E-state index in [0.29, 0.717) is 10.7 Å². The van der Waals surface area contributed by atoms with Crippen LogP contribution in [0.25, 0.3) is 5.57 Å². The molecule has 1 aromatic carbocycles. The second kappa shape index (κ2) is 6.02. The number of tetrazole rings is 1. The monoisotopic (exact) mass is 305 g/mol. The third kappa shape index (κ3) is 2.86. The summed E-state index contributed by atoms with van der Waals surface area (Å²) in [6.45, 7) is 0. The van der Waals surface area contributed by atoms with Crippen molar-refractivity contribution >= 4 is 34.5 Å². The van der Waals surface area contributed by atoms with Crippen LogP contribution in [0.4, 0.5) is 5.69 Å². The number of hydrogen-bond acceptors (Lipinski definition) is 6. The number of nitrogens with zero attached hydrogens (tertiary/aromatic N) is 5. The van der Waals surface area contributed by atoms with Crippen molar-refractivity contribution < 1.29 is 0 Å². The Kier molecular flexibility index (Phi) is 4.16. The third-order valence-electron chi connectivity index (χ3n) is 2.24. The van der Waals surface area contributed by atoms with E-state index in [9.17, 15) is 0 Å². The van der Waals surface area contributed by atoms with Crippen molar-refractivity contribution in [3.63, 3.8) is 0 Å². The smallest absolute Gasteiger partial charge is 0.216 e. The molecule has 20 heavy (non-hydrogen) atoms. The fraction of sp³-hybridized carbons (Fsp3) is 0. The van der Waals surface area contributed by atoms with Gasteiger partial charge in [0, 0.05) is 11.2 Å². The van der Waals surface area contributed by atoms with E-state index in [1.54, 1.807) is 0 Å². The second-order valence-electron chi connectivity index (χ2n) is 3.47. The molecular formula is C11H5Cl2N7. The van der Waals surface area contributed by atoms with Gasteiger partial charge in [-0.1, -0.05) is 23.2 Å². The largest absolute Gasteiger partial charge is 0.358 e. The Morgan fingerprint density at radius 3 is 2.75 bits per heavy atom. The van der Waals surface area contributed by atoms with Crippen LogP contribution in [0, 0.1) is 22.7 Å². The Morgan fingerprint density at radius 2 is 2.15 bits per heavy atom. The predicted octanol–water partition coefficient (Wildman–Crippen LogP) is 2.35. The third-order valence-corrected chi connectivity index (χ3v) is 2.76. The van der Waals surface area contributed by atoms with Crippen molar-refractivity contribution in [2.24, 2.45) is 0 Å². The lowest BCUT2D eigenvalue weighted by molar-refractivity contribution is 0.881. The molecule has 0 spiro atoms. The Hall–Kier alpha value is -2.61. The van der Waals surface area contributed by atoms with Crippen molar-refractivity contribution in [3.05, 3.63) is 39.8 Å². The number of benzene rings is 1. The summed E-state index contributed by atoms with van der Waals surface area (Å²) in [5.74, 6) is 0.128. The number of aromatic amines is 1. The number of hydrogen-bond donors (Lipinski definition) is 2. The molecule has 1 aromatic heterocycles. The van der Waals surface area contributed by atoms with Gasteiger partial charge in [-0.2, -0.15) is 15.7 Å². The molecule has 0 atom stereocenters. The molecule has 2 aromatic rings. The highest BCUT2D eigenvalue weighted by molar-refractivity contribution is 6.36. The molecule has 1 heterocycles. The van der Waals surface area contributed by atoms with Gasteiger partial charge >= 0.3 is 0 Å². The zero-order chi connectivity index (χ0) is 14.5. The maximum atomic E-state index is 9.04. The standard InChI is InChI=1S/C11H5Cl2N7/c12-8-1-6(3-14)10(9(13)2-8)16-5-7(4-15)11-17-19-20-18-11/h1-2,5,16H,(H,17,18,19,20). The molecule has 0 aliphatic rings. The van der Waals surface area contributed by atoms with Crippen LogP contribution in [0.5, 0.6) is 0 Å². The molecule has 0 unspecified atom stereocenters. The van der Waals surface area contributed by atoms with Gasteiger partial charge in [0.15, 0.2) is 0 Å². The Morgan fingerprint density at radius 1 is 1.35 bits per heavy atom. The van der Waals surface area contributed by atoms with Gasteiger partial charge in [-0.3, -0.25) is 0 Å². The van der Waals surface area contributed by atoms with Gasteiger partial charge < -0.3 is 5.32 Å². The lowest BCUT2D eigenvalue weighted by Gasteiger charge is -2.07. The number of allylic oxidation sites excluding steroid dienone is 1. The van der Waals surface area contributed by atoms with Crippen LogP contribution in [-0.2, 0) is 0 Å². The molecule has 0 saturated heterocycles. The first-order valence-electron chi connectivity index (χ1n) is 5.15. The van der Waals surface area contributed by atoms with E-state index in [2.05, 4.69) is 25.9 Å². The number of anilines is 1. The van der Waals surface area contributed by atoms with E-state index >= 15 is 0 Å². The van der Waals surface area contributed by atoms with Crippen molar-refractivity contribution in [2.45, 2.75) is 0 Å². The van der Waals surface area contributed by atoms with E-state index in [1.807, 2.05) is 12.1 Å². The lowest BCUT2D eigenvalue weighted by atomic mass is 10.2. The fourth-order valence-corrected chi connectivity index (χ4v) is 1.92. The summed E-state index contributed by atoms with van der Waals surface area (Å²) in [6, 6.07) is 6.81. The first kappa shape index (κ1) is 13.8. The van der Waals surface area contributed by atoms with Crippen LogP contribution in [-0.4, -0.2) is 20.6 Å². The van der Waals surface area contributed by atoms with Crippen LogP contribution in [0.15, 0.2) is 18.3 Å². The van der Waals surface area contributed by atoms with Crippen molar-refractivity contribution in [3.8, 4) is 12.1 Å². The van der Waals surface area contributed by atoms with Crippen molar-refractivity contribution in [1.29, 1.82) is 10.5 Å². The summed E-state index contributed by atoms with van der Waals surface area (Å²) < 4.78 is 0. The summed E-state index contributed by atoms with van der Waals surface area (Å²) in [5, 5.41) is 34.4. The van der Waals surface area contributed by atoms with Gasteiger partial charge in [-0.05, 0) is 17.3 Å². The number of nitriles is 2. The number of rotatable bonds is 3. The number of nitrogens with one attached hydrogen (secondary N) is 2. The van der Waals surface area contributed by atoms with E-state index < -0.39 is 0 Å². The topological polar surface area (TPSA) is 114 Å². The Bertz CT molecular complexity index is 737. The van der Waals surface area contributed by atoms with Crippen LogP contribution < -0.4 is 5.32 Å². The average molecular weight is 306 g/mol. The maximum Gasteiger partial charge on any atom is 0.216 e. The first-order valence-corrected chi connectivity index (χ1v) is 5.91. The van der Waals surface area contributed by atoms with Crippen molar-refractivity contribution in [1.82, 2.24) is 20.6 Å². The predicted molar refractivity (Wildman–Crippen MR) is 72.6 cm³/mol. The normalized spacial score (nSPS) is 10.7. The zero-order valence-corrected chi connectivity index (χ0v) is 11.2. The highest BCUT2D eigenvalue weighted by Crippen LogP contribution is 2.30. The minimum absolute atomic E-state index is 0.128. The fourth-order valence-electron chi connectivity index (χ4n) is 1.38. The van der Waals surface area contributed by atoms with E-state index in [0.717, 1.165) is 0 Å². The average Bonchev–Trinajstić information content (AvgIpc) is 2.94. The van der Waals surface area contributed by atoms with Gasteiger partial charge in [0.05, 0.1) is 16.3 Å². The SMILES string of the molecule is N#CC(=CNc1c(Cl)cc(Cl)cc1C#N)c1nn[nH]n1. The van der Waals surface area contributed by atoms with E-state index in [4.69, 9.17) is 33.7 Å². The second-order valence-corrected chi connectivity index (χ2v) is 4.32. The van der Waals surface area contributed by atoms with Crippen LogP contribution >= 0.6 is 23.2 Å². The minimum Gasteiger partial charge on any atom is -0.358 e. The Labute approximate surface area is 123 Å². The molecule has 0 saturated carbocycles. The van der Waals surface area contributed by atoms with Gasteiger partial charge in [-0.25, -0.2) is 0 Å². The highest BCUT2D eigenvalue weighted by Gasteiger charge is 2.10. The van der Waals surface area contributed by atoms with Gasteiger partial charge in [0.2, 0.25) is 5.82 Å². The molecule has 0 amide bonds. The van der Waals surface area contributed by atoms with Crippen LogP contribution in [0.2, 0.25) is 10.0 Å². The van der Waals surface area contributed by atoms with E-state index in [1.165, 1.54) is 18.3 Å². The molecule has 2 N–H and O–H groups in total. The molecule has 0 fully saturated rings. The molecule has 0 bridgehead atoms. The summed E-state index contributed by atoms with van der Waals surface area (Å²) >= 11 is 11.8. The summed E-state index contributed by atoms with van der Waals surface area (Å²) in [6.07, 6.45) is 1.33. The summed E-state index contributed by atoms with van der Waals surface area (Å²) in [7, 11) is 0. The van der Waals surface area contributed by atoms with Gasteiger partial charge in [0.25, 0.3) is 0 Å². The van der Waals surface area contributed by atoms with Gasteiger partial charge in [0.1, 0.15) is 17.7 Å².